The van der Waals surface area contributed by atoms with Crippen molar-refractivity contribution in [3.63, 3.8) is 0 Å². The van der Waals surface area contributed by atoms with Crippen LogP contribution in [0.1, 0.15) is 38.8 Å². The summed E-state index contributed by atoms with van der Waals surface area (Å²) in [6.45, 7) is 6.47. The van der Waals surface area contributed by atoms with Crippen LogP contribution in [0.3, 0.4) is 0 Å². The molecule has 1 aromatic rings. The lowest BCUT2D eigenvalue weighted by atomic mass is 10.0. The Morgan fingerprint density at radius 3 is 2.65 bits per heavy atom. The second-order valence-corrected chi connectivity index (χ2v) is 4.70. The zero-order chi connectivity index (χ0) is 12.9. The Hall–Kier alpha value is -1.06. The quantitative estimate of drug-likeness (QED) is 0.798. The lowest BCUT2D eigenvalue weighted by Gasteiger charge is -2.25. The molecule has 3 heteroatoms. The molecule has 0 aliphatic carbocycles. The third kappa shape index (κ3) is 4.02. The van der Waals surface area contributed by atoms with E-state index in [4.69, 9.17) is 4.74 Å². The molecule has 0 radical (unpaired) electrons. The summed E-state index contributed by atoms with van der Waals surface area (Å²) < 4.78 is 5.32. The van der Waals surface area contributed by atoms with E-state index in [0.29, 0.717) is 6.54 Å². The van der Waals surface area contributed by atoms with E-state index >= 15 is 0 Å². The summed E-state index contributed by atoms with van der Waals surface area (Å²) in [5, 5.41) is 13.3. The molecule has 1 rings (SSSR count). The molecule has 0 aromatic heterocycles. The van der Waals surface area contributed by atoms with E-state index in [1.54, 1.807) is 7.11 Å². The Labute approximate surface area is 104 Å². The van der Waals surface area contributed by atoms with Crippen LogP contribution in [0.2, 0.25) is 0 Å². The van der Waals surface area contributed by atoms with Gasteiger partial charge in [-0.25, -0.2) is 0 Å². The van der Waals surface area contributed by atoms with Crippen LogP contribution < -0.4 is 10.1 Å². The summed E-state index contributed by atoms with van der Waals surface area (Å²) in [5.74, 6) is 0.878. The fraction of sp³-hybridized carbons (Fsp3) is 0.571. The van der Waals surface area contributed by atoms with Gasteiger partial charge in [-0.05, 0) is 26.3 Å². The number of hydrogen-bond donors (Lipinski definition) is 2. The number of hydrogen-bond acceptors (Lipinski definition) is 3. The van der Waals surface area contributed by atoms with Crippen molar-refractivity contribution in [1.82, 2.24) is 5.32 Å². The molecular formula is C14H23NO2. The highest BCUT2D eigenvalue weighted by molar-refractivity contribution is 5.35. The number of nitrogens with one attached hydrogen (secondary N) is 1. The molecule has 2 N–H and O–H groups in total. The van der Waals surface area contributed by atoms with Crippen molar-refractivity contribution < 1.29 is 9.84 Å². The van der Waals surface area contributed by atoms with Gasteiger partial charge in [0.05, 0.1) is 12.7 Å². The molecule has 0 spiro atoms. The van der Waals surface area contributed by atoms with Crippen LogP contribution in [0.15, 0.2) is 24.3 Å². The van der Waals surface area contributed by atoms with Crippen LogP contribution >= 0.6 is 0 Å². The highest BCUT2D eigenvalue weighted by Gasteiger charge is 2.19. The summed E-state index contributed by atoms with van der Waals surface area (Å²) in [5.41, 5.74) is 0.456. The molecule has 0 aliphatic rings. The third-order valence-corrected chi connectivity index (χ3v) is 3.16. The minimum absolute atomic E-state index is 0.157. The van der Waals surface area contributed by atoms with E-state index in [-0.39, 0.29) is 6.04 Å². The molecule has 0 heterocycles. The maximum absolute atomic E-state index is 9.95. The van der Waals surface area contributed by atoms with Gasteiger partial charge in [0.15, 0.2) is 0 Å². The zero-order valence-corrected chi connectivity index (χ0v) is 11.2. The Bertz CT molecular complexity index is 350. The first kappa shape index (κ1) is 14.0. The monoisotopic (exact) mass is 237 g/mol. The van der Waals surface area contributed by atoms with Crippen molar-refractivity contribution in [2.24, 2.45) is 0 Å². The summed E-state index contributed by atoms with van der Waals surface area (Å²) >= 11 is 0. The molecule has 17 heavy (non-hydrogen) atoms. The van der Waals surface area contributed by atoms with Gasteiger partial charge in [0.1, 0.15) is 5.75 Å². The summed E-state index contributed by atoms with van der Waals surface area (Å²) in [6.07, 6.45) is 0.735. The van der Waals surface area contributed by atoms with Gasteiger partial charge < -0.3 is 15.2 Å². The van der Waals surface area contributed by atoms with Gasteiger partial charge in [0, 0.05) is 18.2 Å². The maximum atomic E-state index is 9.95. The second-order valence-electron chi connectivity index (χ2n) is 4.70. The van der Waals surface area contributed by atoms with E-state index in [0.717, 1.165) is 17.7 Å². The Kier molecular flexibility index (Phi) is 4.97. The average molecular weight is 237 g/mol. The van der Waals surface area contributed by atoms with Crippen LogP contribution in [0.25, 0.3) is 0 Å². The molecule has 96 valence electrons. The molecule has 1 unspecified atom stereocenters. The molecule has 1 aromatic carbocycles. The van der Waals surface area contributed by atoms with Gasteiger partial charge >= 0.3 is 0 Å². The van der Waals surface area contributed by atoms with Gasteiger partial charge in [-0.1, -0.05) is 25.1 Å². The van der Waals surface area contributed by atoms with Crippen molar-refractivity contribution in [1.29, 1.82) is 0 Å². The van der Waals surface area contributed by atoms with E-state index in [1.165, 1.54) is 0 Å². The third-order valence-electron chi connectivity index (χ3n) is 3.16. The first-order valence-electron chi connectivity index (χ1n) is 6.09. The first-order valence-corrected chi connectivity index (χ1v) is 6.09. The van der Waals surface area contributed by atoms with Gasteiger partial charge in [0.25, 0.3) is 0 Å². The molecule has 3 nitrogen and oxygen atoms in total. The molecule has 0 amide bonds. The number of benzene rings is 1. The highest BCUT2D eigenvalue weighted by atomic mass is 16.5. The smallest absolute Gasteiger partial charge is 0.123 e. The second kappa shape index (κ2) is 6.03. The molecule has 2 atom stereocenters. The standard InChI is InChI=1S/C14H23NO2/c1-5-14(3,16)10-15-11(2)12-8-6-7-9-13(12)17-4/h6-9,11,15-16H,5,10H2,1-4H3/t11-,14?/m1/s1. The van der Waals surface area contributed by atoms with Crippen molar-refractivity contribution >= 4 is 0 Å². The molecule has 0 bridgehead atoms. The number of rotatable bonds is 6. The predicted molar refractivity (Wildman–Crippen MR) is 70.3 cm³/mol. The summed E-state index contributed by atoms with van der Waals surface area (Å²) in [7, 11) is 1.67. The van der Waals surface area contributed by atoms with Crippen molar-refractivity contribution in [2.75, 3.05) is 13.7 Å². The van der Waals surface area contributed by atoms with E-state index in [1.807, 2.05) is 38.1 Å². The molecule has 0 saturated heterocycles. The first-order chi connectivity index (χ1) is 8.00. The summed E-state index contributed by atoms with van der Waals surface area (Å²) in [6, 6.07) is 8.10. The van der Waals surface area contributed by atoms with Crippen molar-refractivity contribution in [3.8, 4) is 5.75 Å². The molecule has 0 aliphatic heterocycles. The minimum atomic E-state index is -0.656. The number of aliphatic hydroxyl groups is 1. The Balaban J connectivity index is 2.67. The number of para-hydroxylation sites is 1. The van der Waals surface area contributed by atoms with E-state index in [9.17, 15) is 5.11 Å². The Morgan fingerprint density at radius 2 is 2.06 bits per heavy atom. The van der Waals surface area contributed by atoms with Crippen LogP contribution in [0.4, 0.5) is 0 Å². The van der Waals surface area contributed by atoms with Gasteiger partial charge in [-0.2, -0.15) is 0 Å². The largest absolute Gasteiger partial charge is 0.496 e. The molecular weight excluding hydrogens is 214 g/mol. The van der Waals surface area contributed by atoms with Gasteiger partial charge in [-0.15, -0.1) is 0 Å². The lowest BCUT2D eigenvalue weighted by molar-refractivity contribution is 0.0533. The van der Waals surface area contributed by atoms with Crippen LogP contribution in [-0.2, 0) is 0 Å². The number of ether oxygens (including phenoxy) is 1. The van der Waals surface area contributed by atoms with E-state index in [2.05, 4.69) is 12.2 Å². The normalized spacial score (nSPS) is 16.3. The van der Waals surface area contributed by atoms with Gasteiger partial charge in [0.2, 0.25) is 0 Å². The van der Waals surface area contributed by atoms with Crippen molar-refractivity contribution in [2.45, 2.75) is 38.8 Å². The van der Waals surface area contributed by atoms with Crippen LogP contribution in [0.5, 0.6) is 5.75 Å². The molecule has 0 saturated carbocycles. The van der Waals surface area contributed by atoms with Crippen LogP contribution in [-0.4, -0.2) is 24.4 Å². The average Bonchev–Trinajstić information content (AvgIpc) is 2.36. The van der Waals surface area contributed by atoms with Crippen molar-refractivity contribution in [3.05, 3.63) is 29.8 Å². The predicted octanol–water partition coefficient (Wildman–Crippen LogP) is 2.51. The fourth-order valence-electron chi connectivity index (χ4n) is 1.63. The molecule has 0 fully saturated rings. The zero-order valence-electron chi connectivity index (χ0n) is 11.2. The van der Waals surface area contributed by atoms with Gasteiger partial charge in [-0.3, -0.25) is 0 Å². The minimum Gasteiger partial charge on any atom is -0.496 e. The maximum Gasteiger partial charge on any atom is 0.123 e. The SMILES string of the molecule is CCC(C)(O)CN[C@H](C)c1ccccc1OC. The van der Waals surface area contributed by atoms with Crippen LogP contribution in [0, 0.1) is 0 Å². The topological polar surface area (TPSA) is 41.5 Å². The lowest BCUT2D eigenvalue weighted by Crippen LogP contribution is -2.38. The van der Waals surface area contributed by atoms with E-state index < -0.39 is 5.60 Å². The summed E-state index contributed by atoms with van der Waals surface area (Å²) in [4.78, 5) is 0. The fourth-order valence-corrected chi connectivity index (χ4v) is 1.63. The number of methoxy groups -OCH3 is 1. The Morgan fingerprint density at radius 1 is 1.41 bits per heavy atom. The highest BCUT2D eigenvalue weighted by Crippen LogP contribution is 2.24.